The second-order valence-corrected chi connectivity index (χ2v) is 19.6. The van der Waals surface area contributed by atoms with Crippen LogP contribution in [0.4, 0.5) is 0 Å². The molecule has 354 valence electrons. The first-order chi connectivity index (χ1) is 37.7. The number of fused-ring (bicyclic) bond motifs is 12. The normalized spacial score (nSPS) is 11.9. The number of benzene rings is 11. The lowest BCUT2D eigenvalue weighted by Crippen LogP contribution is -2.00. The lowest BCUT2D eigenvalue weighted by Gasteiger charge is -2.12. The first kappa shape index (κ1) is 42.2. The summed E-state index contributed by atoms with van der Waals surface area (Å²) in [5.41, 5.74) is 16.5. The van der Waals surface area contributed by atoms with Crippen molar-refractivity contribution in [1.29, 1.82) is 0 Å². The minimum atomic E-state index is 0.627. The van der Waals surface area contributed by atoms with E-state index in [0.29, 0.717) is 17.5 Å². The van der Waals surface area contributed by atoms with Crippen LogP contribution in [0.15, 0.2) is 261 Å². The molecule has 0 saturated heterocycles. The highest BCUT2D eigenvalue weighted by atomic mass is 15.0. The molecule has 0 fully saturated rings. The van der Waals surface area contributed by atoms with Crippen molar-refractivity contribution in [2.45, 2.75) is 0 Å². The van der Waals surface area contributed by atoms with Gasteiger partial charge in [-0.2, -0.15) is 0 Å². The SMILES string of the molecule is c1ccc(-c2nc(-c3ccccc3)nc(-c3ccc(-n4c5ccccc5c5cc(-n6c7ccc(-n8c9ccccc9c9ccccc98)cc7c7cc(-n8c9ccccc9c9ccccc98)ccc76)ccc54)cc3)n2)cc1. The molecule has 5 aromatic heterocycles. The van der Waals surface area contributed by atoms with Crippen molar-refractivity contribution in [1.82, 2.24) is 33.2 Å². The molecule has 7 nitrogen and oxygen atoms in total. The summed E-state index contributed by atoms with van der Waals surface area (Å²) in [7, 11) is 0. The zero-order chi connectivity index (χ0) is 49.8. The number of nitrogens with zero attached hydrogens (tertiary/aromatic N) is 7. The van der Waals surface area contributed by atoms with E-state index in [4.69, 9.17) is 15.0 Å². The van der Waals surface area contributed by atoms with Gasteiger partial charge in [0.1, 0.15) is 0 Å². The van der Waals surface area contributed by atoms with Crippen LogP contribution in [0.1, 0.15) is 0 Å². The van der Waals surface area contributed by atoms with E-state index in [2.05, 4.69) is 218 Å². The monoisotopic (exact) mass is 969 g/mol. The zero-order valence-corrected chi connectivity index (χ0v) is 41.0. The molecule has 0 bridgehead atoms. The largest absolute Gasteiger partial charge is 0.309 e. The molecule has 0 saturated carbocycles. The summed E-state index contributed by atoms with van der Waals surface area (Å²) in [6.45, 7) is 0. The third-order valence-electron chi connectivity index (χ3n) is 15.4. The predicted octanol–water partition coefficient (Wildman–Crippen LogP) is 17.3. The van der Waals surface area contributed by atoms with Crippen molar-refractivity contribution < 1.29 is 0 Å². The van der Waals surface area contributed by atoms with Crippen LogP contribution in [0.3, 0.4) is 0 Å². The molecule has 11 aromatic carbocycles. The quantitative estimate of drug-likeness (QED) is 0.160. The van der Waals surface area contributed by atoms with Gasteiger partial charge in [-0.25, -0.2) is 15.0 Å². The van der Waals surface area contributed by atoms with Gasteiger partial charge in [-0.1, -0.05) is 152 Å². The minimum Gasteiger partial charge on any atom is -0.309 e. The average molecular weight is 970 g/mol. The summed E-state index contributed by atoms with van der Waals surface area (Å²) >= 11 is 0. The summed E-state index contributed by atoms with van der Waals surface area (Å²) in [5.74, 6) is 1.91. The molecule has 0 radical (unpaired) electrons. The van der Waals surface area contributed by atoms with Crippen molar-refractivity contribution in [3.63, 3.8) is 0 Å². The Morgan fingerprint density at radius 2 is 0.421 bits per heavy atom. The molecule has 16 aromatic rings. The highest BCUT2D eigenvalue weighted by molar-refractivity contribution is 6.15. The van der Waals surface area contributed by atoms with Gasteiger partial charge in [-0.15, -0.1) is 0 Å². The van der Waals surface area contributed by atoms with E-state index in [1.165, 1.54) is 65.2 Å². The highest BCUT2D eigenvalue weighted by Gasteiger charge is 2.21. The summed E-state index contributed by atoms with van der Waals surface area (Å²) < 4.78 is 9.67. The molecular weight excluding hydrogens is 927 g/mol. The van der Waals surface area contributed by atoms with E-state index >= 15 is 0 Å². The molecule has 0 aliphatic rings. The van der Waals surface area contributed by atoms with E-state index in [0.717, 1.165) is 61.5 Å². The molecule has 0 unspecified atom stereocenters. The topological polar surface area (TPSA) is 58.4 Å². The Kier molecular flexibility index (Phi) is 9.20. The van der Waals surface area contributed by atoms with Crippen LogP contribution in [-0.2, 0) is 0 Å². The zero-order valence-electron chi connectivity index (χ0n) is 41.0. The first-order valence-corrected chi connectivity index (χ1v) is 25.8. The summed E-state index contributed by atoms with van der Waals surface area (Å²) in [5, 5.41) is 9.71. The Bertz CT molecular complexity index is 4650. The van der Waals surface area contributed by atoms with Crippen molar-refractivity contribution in [3.8, 4) is 56.9 Å². The third kappa shape index (κ3) is 6.39. The van der Waals surface area contributed by atoms with Gasteiger partial charge in [0, 0.05) is 82.5 Å². The third-order valence-corrected chi connectivity index (χ3v) is 15.4. The van der Waals surface area contributed by atoms with E-state index in [9.17, 15) is 0 Å². The summed E-state index contributed by atoms with van der Waals surface area (Å²) in [6, 6.07) is 93.6. The number of para-hydroxylation sites is 5. The number of rotatable bonds is 7. The first-order valence-electron chi connectivity index (χ1n) is 25.8. The Hall–Kier alpha value is -10.4. The van der Waals surface area contributed by atoms with Crippen LogP contribution in [0.5, 0.6) is 0 Å². The molecular formula is C69H43N7. The van der Waals surface area contributed by atoms with Crippen molar-refractivity contribution in [2.75, 3.05) is 0 Å². The van der Waals surface area contributed by atoms with E-state index < -0.39 is 0 Å². The second kappa shape index (κ2) is 16.6. The van der Waals surface area contributed by atoms with Crippen molar-refractivity contribution in [3.05, 3.63) is 261 Å². The molecule has 7 heteroatoms. The number of hydrogen-bond acceptors (Lipinski definition) is 3. The molecule has 16 rings (SSSR count). The maximum atomic E-state index is 5.02. The Morgan fingerprint density at radius 3 is 0.763 bits per heavy atom. The van der Waals surface area contributed by atoms with Crippen molar-refractivity contribution in [2.24, 2.45) is 0 Å². The van der Waals surface area contributed by atoms with Gasteiger partial charge in [0.05, 0.1) is 44.1 Å². The van der Waals surface area contributed by atoms with Crippen LogP contribution in [0.2, 0.25) is 0 Å². The van der Waals surface area contributed by atoms with Gasteiger partial charge < -0.3 is 18.3 Å². The minimum absolute atomic E-state index is 0.627. The van der Waals surface area contributed by atoms with Gasteiger partial charge in [-0.3, -0.25) is 0 Å². The Balaban J connectivity index is 0.873. The van der Waals surface area contributed by atoms with Gasteiger partial charge in [0.25, 0.3) is 0 Å². The summed E-state index contributed by atoms with van der Waals surface area (Å²) in [4.78, 5) is 15.0. The van der Waals surface area contributed by atoms with Crippen LogP contribution < -0.4 is 0 Å². The predicted molar refractivity (Wildman–Crippen MR) is 313 cm³/mol. The van der Waals surface area contributed by atoms with Crippen LogP contribution >= 0.6 is 0 Å². The van der Waals surface area contributed by atoms with Crippen LogP contribution in [-0.4, -0.2) is 33.2 Å². The lowest BCUT2D eigenvalue weighted by molar-refractivity contribution is 1.07. The van der Waals surface area contributed by atoms with Crippen LogP contribution in [0.25, 0.3) is 144 Å². The smallest absolute Gasteiger partial charge is 0.164 e. The molecule has 0 N–H and O–H groups in total. The molecule has 0 aliphatic carbocycles. The average Bonchev–Trinajstić information content (AvgIpc) is 4.26. The van der Waals surface area contributed by atoms with E-state index in [1.807, 2.05) is 60.7 Å². The second-order valence-electron chi connectivity index (χ2n) is 19.6. The fraction of sp³-hybridized carbons (Fsp3) is 0. The van der Waals surface area contributed by atoms with Crippen molar-refractivity contribution >= 4 is 87.2 Å². The molecule has 0 spiro atoms. The van der Waals surface area contributed by atoms with Gasteiger partial charge in [0.15, 0.2) is 17.5 Å². The maximum Gasteiger partial charge on any atom is 0.164 e. The maximum absolute atomic E-state index is 5.02. The fourth-order valence-electron chi connectivity index (χ4n) is 12.0. The Labute approximate surface area is 436 Å². The molecule has 0 amide bonds. The Morgan fingerprint density at radius 1 is 0.184 bits per heavy atom. The van der Waals surface area contributed by atoms with E-state index in [1.54, 1.807) is 0 Å². The van der Waals surface area contributed by atoms with Gasteiger partial charge in [0.2, 0.25) is 0 Å². The van der Waals surface area contributed by atoms with Crippen LogP contribution in [0, 0.1) is 0 Å². The standard InChI is InChI=1S/C69H43N7/c1-3-17-44(18-4-1)67-70-68(45-19-5-2-6-20-45)72-69(71-67)46-31-33-47(34-32-46)73-63-30-16-11-25-55(63)56-41-48(35-38-64(56)73)76-65-39-36-49(74-59-26-12-7-21-51(59)52-22-8-13-27-60(52)74)42-57(65)58-43-50(37-40-66(58)76)75-61-28-14-9-23-53(61)54-24-10-15-29-62(54)75/h1-43H. The molecule has 76 heavy (non-hydrogen) atoms. The van der Waals surface area contributed by atoms with E-state index in [-0.39, 0.29) is 0 Å². The number of hydrogen-bond donors (Lipinski definition) is 0. The summed E-state index contributed by atoms with van der Waals surface area (Å²) in [6.07, 6.45) is 0. The van der Waals surface area contributed by atoms with Gasteiger partial charge >= 0.3 is 0 Å². The number of aromatic nitrogens is 7. The molecule has 0 atom stereocenters. The van der Waals surface area contributed by atoms with Gasteiger partial charge in [-0.05, 0) is 109 Å². The molecule has 0 aliphatic heterocycles. The lowest BCUT2D eigenvalue weighted by atomic mass is 10.1. The molecule has 5 heterocycles. The highest BCUT2D eigenvalue weighted by Crippen LogP contribution is 2.41. The fourth-order valence-corrected chi connectivity index (χ4v) is 12.0.